The Kier molecular flexibility index (Phi) is 7.81. The lowest BCUT2D eigenvalue weighted by Crippen LogP contribution is -2.58. The maximum absolute atomic E-state index is 12.9. The van der Waals surface area contributed by atoms with Crippen LogP contribution in [0.25, 0.3) is 0 Å². The first kappa shape index (κ1) is 22.8. The van der Waals surface area contributed by atoms with Gasteiger partial charge in [0.15, 0.2) is 8.32 Å². The van der Waals surface area contributed by atoms with Crippen LogP contribution < -0.4 is 0 Å². The summed E-state index contributed by atoms with van der Waals surface area (Å²) in [5.41, 5.74) is -1.72. The van der Waals surface area contributed by atoms with Gasteiger partial charge in [-0.1, -0.05) is 20.8 Å². The molecule has 0 amide bonds. The molecule has 1 unspecified atom stereocenters. The van der Waals surface area contributed by atoms with Crippen molar-refractivity contribution in [1.29, 1.82) is 0 Å². The lowest BCUT2D eigenvalue weighted by atomic mass is 9.68. The molecule has 0 aromatic rings. The minimum absolute atomic E-state index is 0.0208. The van der Waals surface area contributed by atoms with E-state index in [0.29, 0.717) is 19.4 Å². The van der Waals surface area contributed by atoms with Gasteiger partial charge in [0.2, 0.25) is 0 Å². The van der Waals surface area contributed by atoms with Gasteiger partial charge in [0.05, 0.1) is 12.2 Å². The molecule has 0 heterocycles. The summed E-state index contributed by atoms with van der Waals surface area (Å²) in [6.45, 7) is 16.8. The summed E-state index contributed by atoms with van der Waals surface area (Å²) in [7, 11) is -2.12. The number of rotatable bonds is 8. The fourth-order valence-electron chi connectivity index (χ4n) is 2.64. The molecule has 0 fully saturated rings. The maximum atomic E-state index is 12.9. The van der Waals surface area contributed by atoms with Crippen LogP contribution in [-0.2, 0) is 14.0 Å². The Hall–Kier alpha value is -1.23. The summed E-state index contributed by atoms with van der Waals surface area (Å²) in [5, 5.41) is 0.0208. The third-order valence-corrected chi connectivity index (χ3v) is 9.87. The van der Waals surface area contributed by atoms with Crippen LogP contribution in [0.2, 0.25) is 18.1 Å². The standard InChI is InChI=1S/C20H34O3Si/c1-11-14-16-20(15-12-2,17(21)22-13-3)19(7,8)23-24(9,10)18(4,5)6/h1-2H,13-16H2,3-10H3. The topological polar surface area (TPSA) is 35.5 Å². The number of hydrogen-bond donors (Lipinski definition) is 0. The van der Waals surface area contributed by atoms with Crippen LogP contribution in [0.5, 0.6) is 0 Å². The fraction of sp³-hybridized carbons (Fsp3) is 0.750. The molecule has 0 saturated carbocycles. The molecule has 0 aliphatic rings. The van der Waals surface area contributed by atoms with Gasteiger partial charge in [-0.05, 0) is 45.3 Å². The van der Waals surface area contributed by atoms with Crippen LogP contribution in [0.1, 0.15) is 60.8 Å². The molecule has 0 spiro atoms. The number of terminal acetylenes is 2. The summed E-state index contributed by atoms with van der Waals surface area (Å²) in [6.07, 6.45) is 12.2. The minimum atomic E-state index is -2.12. The lowest BCUT2D eigenvalue weighted by molar-refractivity contribution is -0.170. The Morgan fingerprint density at radius 3 is 2.00 bits per heavy atom. The van der Waals surface area contributed by atoms with Gasteiger partial charge < -0.3 is 9.16 Å². The van der Waals surface area contributed by atoms with Crippen molar-refractivity contribution >= 4 is 14.3 Å². The first-order chi connectivity index (χ1) is 10.8. The summed E-state index contributed by atoms with van der Waals surface area (Å²) in [6, 6.07) is 0. The molecule has 0 N–H and O–H groups in total. The zero-order valence-electron chi connectivity index (χ0n) is 16.7. The Morgan fingerprint density at radius 1 is 1.08 bits per heavy atom. The zero-order valence-corrected chi connectivity index (χ0v) is 17.7. The largest absolute Gasteiger partial charge is 0.465 e. The van der Waals surface area contributed by atoms with Crippen LogP contribution in [0.3, 0.4) is 0 Å². The number of esters is 1. The third-order valence-electron chi connectivity index (χ3n) is 5.24. The summed E-state index contributed by atoms with van der Waals surface area (Å²) in [5.74, 6) is 4.96. The molecular weight excluding hydrogens is 316 g/mol. The summed E-state index contributed by atoms with van der Waals surface area (Å²) < 4.78 is 12.0. The van der Waals surface area contributed by atoms with Crippen LogP contribution in [0.15, 0.2) is 0 Å². The van der Waals surface area contributed by atoms with Crippen molar-refractivity contribution in [2.45, 2.75) is 84.5 Å². The van der Waals surface area contributed by atoms with Gasteiger partial charge >= 0.3 is 5.97 Å². The van der Waals surface area contributed by atoms with E-state index in [1.807, 2.05) is 13.8 Å². The second-order valence-electron chi connectivity index (χ2n) is 8.26. The molecule has 0 radical (unpaired) electrons. The summed E-state index contributed by atoms with van der Waals surface area (Å²) >= 11 is 0. The zero-order chi connectivity index (χ0) is 19.2. The van der Waals surface area contributed by atoms with Crippen molar-refractivity contribution in [3.63, 3.8) is 0 Å². The van der Waals surface area contributed by atoms with Crippen molar-refractivity contribution < 1.29 is 14.0 Å². The number of carbonyl (C=O) groups is 1. The molecule has 0 aliphatic carbocycles. The quantitative estimate of drug-likeness (QED) is 0.359. The van der Waals surface area contributed by atoms with E-state index in [-0.39, 0.29) is 17.4 Å². The second-order valence-corrected chi connectivity index (χ2v) is 13.0. The Bertz CT molecular complexity index is 514. The third kappa shape index (κ3) is 4.88. The van der Waals surface area contributed by atoms with Gasteiger partial charge in [0.1, 0.15) is 5.41 Å². The van der Waals surface area contributed by atoms with Crippen molar-refractivity contribution in [2.75, 3.05) is 6.61 Å². The Morgan fingerprint density at radius 2 is 1.62 bits per heavy atom. The average molecular weight is 351 g/mol. The predicted molar refractivity (Wildman–Crippen MR) is 103 cm³/mol. The Labute approximate surface area is 150 Å². The van der Waals surface area contributed by atoms with E-state index in [9.17, 15) is 4.79 Å². The molecule has 1 atom stereocenters. The highest BCUT2D eigenvalue weighted by molar-refractivity contribution is 6.74. The second kappa shape index (κ2) is 8.23. The molecule has 4 heteroatoms. The van der Waals surface area contributed by atoms with E-state index in [1.54, 1.807) is 6.92 Å². The highest BCUT2D eigenvalue weighted by Gasteiger charge is 2.55. The summed E-state index contributed by atoms with van der Waals surface area (Å²) in [4.78, 5) is 12.9. The van der Waals surface area contributed by atoms with E-state index in [1.165, 1.54) is 0 Å². The van der Waals surface area contributed by atoms with E-state index in [2.05, 4.69) is 45.7 Å². The van der Waals surface area contributed by atoms with E-state index in [4.69, 9.17) is 22.0 Å². The minimum Gasteiger partial charge on any atom is -0.465 e. The van der Waals surface area contributed by atoms with Gasteiger partial charge in [0, 0.05) is 12.8 Å². The molecule has 0 bridgehead atoms. The molecule has 24 heavy (non-hydrogen) atoms. The van der Waals surface area contributed by atoms with E-state index < -0.39 is 19.3 Å². The van der Waals surface area contributed by atoms with Crippen molar-refractivity contribution in [1.82, 2.24) is 0 Å². The van der Waals surface area contributed by atoms with Crippen LogP contribution in [0, 0.1) is 30.1 Å². The molecule has 0 aromatic heterocycles. The van der Waals surface area contributed by atoms with Crippen molar-refractivity contribution in [3.05, 3.63) is 0 Å². The van der Waals surface area contributed by atoms with E-state index in [0.717, 1.165) is 0 Å². The molecular formula is C20H34O3Si. The Balaban J connectivity index is 6.04. The first-order valence-electron chi connectivity index (χ1n) is 8.55. The normalized spacial score (nSPS) is 15.1. The number of carbonyl (C=O) groups excluding carboxylic acids is 1. The van der Waals surface area contributed by atoms with Gasteiger partial charge in [-0.3, -0.25) is 4.79 Å². The lowest BCUT2D eigenvalue weighted by Gasteiger charge is -2.50. The molecule has 0 saturated heterocycles. The van der Waals surface area contributed by atoms with Crippen LogP contribution in [-0.4, -0.2) is 26.5 Å². The van der Waals surface area contributed by atoms with Gasteiger partial charge in [-0.25, -0.2) is 0 Å². The molecule has 0 aromatic carbocycles. The first-order valence-corrected chi connectivity index (χ1v) is 11.5. The molecule has 0 rings (SSSR count). The van der Waals surface area contributed by atoms with Gasteiger partial charge in [-0.15, -0.1) is 24.7 Å². The highest BCUT2D eigenvalue weighted by Crippen LogP contribution is 2.48. The molecule has 0 aliphatic heterocycles. The fourth-order valence-corrected chi connectivity index (χ4v) is 4.42. The predicted octanol–water partition coefficient (Wildman–Crippen LogP) is 4.77. The maximum Gasteiger partial charge on any atom is 0.315 e. The van der Waals surface area contributed by atoms with E-state index >= 15 is 0 Å². The smallest absolute Gasteiger partial charge is 0.315 e. The van der Waals surface area contributed by atoms with Crippen molar-refractivity contribution in [2.24, 2.45) is 5.41 Å². The van der Waals surface area contributed by atoms with Crippen molar-refractivity contribution in [3.8, 4) is 24.7 Å². The number of ether oxygens (including phenoxy) is 1. The number of hydrogen-bond acceptors (Lipinski definition) is 3. The molecule has 3 nitrogen and oxygen atoms in total. The monoisotopic (exact) mass is 350 g/mol. The highest BCUT2D eigenvalue weighted by atomic mass is 28.4. The van der Waals surface area contributed by atoms with Gasteiger partial charge in [0.25, 0.3) is 0 Å². The SMILES string of the molecule is C#CCCC(CC#C)(C(=O)OCC)C(C)(C)O[Si](C)(C)C(C)(C)C. The van der Waals surface area contributed by atoms with Crippen LogP contribution >= 0.6 is 0 Å². The molecule has 136 valence electrons. The van der Waals surface area contributed by atoms with Crippen LogP contribution in [0.4, 0.5) is 0 Å². The van der Waals surface area contributed by atoms with Gasteiger partial charge in [-0.2, -0.15) is 0 Å². The average Bonchev–Trinajstić information content (AvgIpc) is 2.41.